The van der Waals surface area contributed by atoms with Crippen LogP contribution in [-0.2, 0) is 10.0 Å². The lowest BCUT2D eigenvalue weighted by Crippen LogP contribution is -2.44. The smallest absolute Gasteiger partial charge is 0.497 e. The van der Waals surface area contributed by atoms with E-state index in [2.05, 4.69) is 16.3 Å². The number of rotatable bonds is 6. The molecule has 0 bridgehead atoms. The first kappa shape index (κ1) is 26.5. The Balaban J connectivity index is 1.49. The van der Waals surface area contributed by atoms with E-state index < -0.39 is 15.5 Å². The van der Waals surface area contributed by atoms with Gasteiger partial charge in [0.2, 0.25) is 0 Å². The van der Waals surface area contributed by atoms with Crippen LogP contribution >= 0.6 is 11.6 Å². The Morgan fingerprint density at radius 1 is 0.974 bits per heavy atom. The normalized spacial score (nSPS) is 16.6. The summed E-state index contributed by atoms with van der Waals surface area (Å²) in [7, 11) is -3.72. The van der Waals surface area contributed by atoms with E-state index in [1.807, 2.05) is 60.7 Å². The third kappa shape index (κ3) is 5.00. The summed E-state index contributed by atoms with van der Waals surface area (Å²) in [5.41, 5.74) is -0.678. The predicted octanol–water partition coefficient (Wildman–Crippen LogP) is 6.43. The van der Waals surface area contributed by atoms with E-state index in [4.69, 9.17) is 16.3 Å². The summed E-state index contributed by atoms with van der Waals surface area (Å²) in [6, 6.07) is 21.5. The Labute approximate surface area is 223 Å². The van der Waals surface area contributed by atoms with Gasteiger partial charge in [0.1, 0.15) is 5.75 Å². The molecule has 200 valence electrons. The van der Waals surface area contributed by atoms with Crippen LogP contribution in [0, 0.1) is 0 Å². The minimum Gasteiger partial charge on any atom is -0.497 e. The van der Waals surface area contributed by atoms with Crippen LogP contribution in [0.3, 0.4) is 0 Å². The number of hydrogen-bond acceptors (Lipinski definition) is 4. The lowest BCUT2D eigenvalue weighted by Gasteiger charge is -2.31. The molecule has 2 heterocycles. The number of H-pyrrole nitrogens is 1. The van der Waals surface area contributed by atoms with E-state index in [0.717, 1.165) is 39.0 Å². The van der Waals surface area contributed by atoms with Crippen molar-refractivity contribution in [3.8, 4) is 5.75 Å². The highest BCUT2D eigenvalue weighted by atomic mass is 35.5. The number of aromatic nitrogens is 2. The molecule has 0 amide bonds. The summed E-state index contributed by atoms with van der Waals surface area (Å²) in [5.74, 6) is 0.452. The Kier molecular flexibility index (Phi) is 7.15. The zero-order valence-corrected chi connectivity index (χ0v) is 21.9. The van der Waals surface area contributed by atoms with Crippen molar-refractivity contribution in [1.29, 1.82) is 0 Å². The number of aromatic amines is 1. The van der Waals surface area contributed by atoms with E-state index in [0.29, 0.717) is 9.33 Å². The van der Waals surface area contributed by atoms with E-state index in [1.54, 1.807) is 7.11 Å². The molecule has 0 saturated carbocycles. The van der Waals surface area contributed by atoms with Crippen molar-refractivity contribution in [2.45, 2.75) is 30.2 Å². The van der Waals surface area contributed by atoms with Crippen molar-refractivity contribution in [3.05, 3.63) is 94.1 Å². The molecule has 4 aromatic rings. The fourth-order valence-electron chi connectivity index (χ4n) is 5.09. The molecule has 0 aliphatic carbocycles. The van der Waals surface area contributed by atoms with Crippen LogP contribution in [-0.4, -0.2) is 48.6 Å². The van der Waals surface area contributed by atoms with Crippen molar-refractivity contribution in [2.24, 2.45) is 0 Å². The van der Waals surface area contributed by atoms with Crippen LogP contribution in [0.5, 0.6) is 5.75 Å². The van der Waals surface area contributed by atoms with Crippen molar-refractivity contribution in [3.63, 3.8) is 0 Å². The SMILES string of the molecule is COc1ccc(C(c2ccc(Cl)cc2)c2ccc3[nH]nc(C4CCN(S(=O)(=O)C(F)(F)F)CC4)c3c2)cc1. The largest absolute Gasteiger partial charge is 0.511 e. The number of nitrogens with one attached hydrogen (secondary N) is 1. The van der Waals surface area contributed by atoms with Gasteiger partial charge in [-0.2, -0.15) is 22.6 Å². The molecule has 1 aliphatic heterocycles. The van der Waals surface area contributed by atoms with Crippen LogP contribution in [0.2, 0.25) is 5.02 Å². The summed E-state index contributed by atoms with van der Waals surface area (Å²) in [6.07, 6.45) is 0.497. The van der Waals surface area contributed by atoms with Gasteiger partial charge in [-0.15, -0.1) is 0 Å². The second-order valence-electron chi connectivity index (χ2n) is 9.30. The van der Waals surface area contributed by atoms with E-state index in [1.165, 1.54) is 0 Å². The summed E-state index contributed by atoms with van der Waals surface area (Å²) in [6.45, 7) is -0.417. The molecule has 1 aliphatic rings. The first-order valence-corrected chi connectivity index (χ1v) is 13.8. The summed E-state index contributed by atoms with van der Waals surface area (Å²) >= 11 is 6.15. The number of fused-ring (bicyclic) bond motifs is 1. The van der Waals surface area contributed by atoms with E-state index in [9.17, 15) is 21.6 Å². The molecular weight excluding hydrogens is 539 g/mol. The van der Waals surface area contributed by atoms with Crippen LogP contribution in [0.15, 0.2) is 66.7 Å². The first-order chi connectivity index (χ1) is 18.1. The number of nitrogens with zero attached hydrogens (tertiary/aromatic N) is 2. The highest BCUT2D eigenvalue weighted by Crippen LogP contribution is 2.39. The number of benzene rings is 3. The molecule has 1 aromatic heterocycles. The van der Waals surface area contributed by atoms with Gasteiger partial charge < -0.3 is 4.74 Å². The lowest BCUT2D eigenvalue weighted by molar-refractivity contribution is -0.0494. The second-order valence-corrected chi connectivity index (χ2v) is 11.7. The quantitative estimate of drug-likeness (QED) is 0.274. The van der Waals surface area contributed by atoms with Crippen LogP contribution in [0.25, 0.3) is 10.9 Å². The average molecular weight is 564 g/mol. The van der Waals surface area contributed by atoms with Gasteiger partial charge in [0.15, 0.2) is 0 Å². The molecule has 6 nitrogen and oxygen atoms in total. The molecule has 0 radical (unpaired) electrons. The van der Waals surface area contributed by atoms with Gasteiger partial charge >= 0.3 is 15.5 Å². The standard InChI is InChI=1S/C27H25ClF3N3O3S/c1-37-22-9-4-18(5-10-22)25(17-2-7-21(28)8-3-17)20-6-11-24-23(16-20)26(33-32-24)19-12-14-34(15-13-19)38(35,36)27(29,30)31/h2-11,16,19,25H,12-15H2,1H3,(H,32,33). The Morgan fingerprint density at radius 3 is 2.13 bits per heavy atom. The maximum Gasteiger partial charge on any atom is 0.511 e. The van der Waals surface area contributed by atoms with Crippen LogP contribution < -0.4 is 4.74 Å². The van der Waals surface area contributed by atoms with E-state index >= 15 is 0 Å². The molecule has 3 aromatic carbocycles. The topological polar surface area (TPSA) is 75.3 Å². The van der Waals surface area contributed by atoms with Gasteiger partial charge in [-0.25, -0.2) is 8.42 Å². The number of ether oxygens (including phenoxy) is 1. The zero-order chi connectivity index (χ0) is 27.1. The molecule has 1 fully saturated rings. The molecule has 1 atom stereocenters. The summed E-state index contributed by atoms with van der Waals surface area (Å²) in [4.78, 5) is 0. The van der Waals surface area contributed by atoms with E-state index in [-0.39, 0.29) is 37.8 Å². The maximum absolute atomic E-state index is 13.0. The highest BCUT2D eigenvalue weighted by molar-refractivity contribution is 7.90. The Bertz CT molecular complexity index is 1530. The molecule has 0 spiro atoms. The molecule has 38 heavy (non-hydrogen) atoms. The Hall–Kier alpha value is -3.08. The predicted molar refractivity (Wildman–Crippen MR) is 140 cm³/mol. The third-order valence-electron chi connectivity index (χ3n) is 7.08. The lowest BCUT2D eigenvalue weighted by atomic mass is 9.84. The number of alkyl halides is 3. The zero-order valence-electron chi connectivity index (χ0n) is 20.4. The van der Waals surface area contributed by atoms with Gasteiger partial charge in [-0.05, 0) is 65.9 Å². The van der Waals surface area contributed by atoms with Gasteiger partial charge in [0.05, 0.1) is 18.3 Å². The van der Waals surface area contributed by atoms with Crippen molar-refractivity contribution in [2.75, 3.05) is 20.2 Å². The second kappa shape index (κ2) is 10.2. The fraction of sp³-hybridized carbons (Fsp3) is 0.296. The van der Waals surface area contributed by atoms with Crippen molar-refractivity contribution >= 4 is 32.5 Å². The summed E-state index contributed by atoms with van der Waals surface area (Å²) < 4.78 is 68.5. The maximum atomic E-state index is 13.0. The molecule has 1 N–H and O–H groups in total. The summed E-state index contributed by atoms with van der Waals surface area (Å²) in [5, 5.41) is 9.01. The van der Waals surface area contributed by atoms with Crippen molar-refractivity contribution < 1.29 is 26.3 Å². The molecule has 11 heteroatoms. The molecule has 1 saturated heterocycles. The number of piperidine rings is 1. The molecule has 1 unspecified atom stereocenters. The van der Waals surface area contributed by atoms with Gasteiger partial charge in [-0.3, -0.25) is 5.10 Å². The first-order valence-electron chi connectivity index (χ1n) is 12.0. The number of sulfonamides is 1. The minimum atomic E-state index is -5.33. The molecule has 5 rings (SSSR count). The fourth-order valence-corrected chi connectivity index (χ4v) is 6.20. The van der Waals surface area contributed by atoms with Crippen LogP contribution in [0.4, 0.5) is 13.2 Å². The van der Waals surface area contributed by atoms with Crippen molar-refractivity contribution in [1.82, 2.24) is 14.5 Å². The van der Waals surface area contributed by atoms with Gasteiger partial charge in [0.25, 0.3) is 0 Å². The monoisotopic (exact) mass is 563 g/mol. The number of halogens is 4. The van der Waals surface area contributed by atoms with Gasteiger partial charge in [0, 0.05) is 35.3 Å². The highest BCUT2D eigenvalue weighted by Gasteiger charge is 2.50. The minimum absolute atomic E-state index is 0.121. The average Bonchev–Trinajstić information content (AvgIpc) is 3.33. The third-order valence-corrected chi connectivity index (χ3v) is 8.96. The number of hydrogen-bond donors (Lipinski definition) is 1. The van der Waals surface area contributed by atoms with Gasteiger partial charge in [-0.1, -0.05) is 41.9 Å². The van der Waals surface area contributed by atoms with Crippen LogP contribution in [0.1, 0.15) is 47.1 Å². The molecular formula is C27H25ClF3N3O3S. The number of methoxy groups -OCH3 is 1. The Morgan fingerprint density at radius 2 is 1.55 bits per heavy atom.